The Morgan fingerprint density at radius 2 is 2.05 bits per heavy atom. The zero-order valence-electron chi connectivity index (χ0n) is 12.6. The third-order valence-electron chi connectivity index (χ3n) is 4.11. The van der Waals surface area contributed by atoms with Crippen LogP contribution in [0.25, 0.3) is 0 Å². The van der Waals surface area contributed by atoms with Crippen LogP contribution in [-0.2, 0) is 16.6 Å². The van der Waals surface area contributed by atoms with Crippen molar-refractivity contribution in [1.29, 1.82) is 0 Å². The lowest BCUT2D eigenvalue weighted by atomic mass is 9.71. The molecule has 0 spiro atoms. The van der Waals surface area contributed by atoms with Crippen molar-refractivity contribution < 1.29 is 12.8 Å². The number of hydrogen-bond donors (Lipinski definition) is 2. The molecule has 0 amide bonds. The summed E-state index contributed by atoms with van der Waals surface area (Å²) >= 11 is 0. The van der Waals surface area contributed by atoms with Crippen molar-refractivity contribution in [2.75, 3.05) is 13.1 Å². The smallest absolute Gasteiger partial charge is 0.243 e. The fourth-order valence-corrected chi connectivity index (χ4v) is 3.76. The highest BCUT2D eigenvalue weighted by Crippen LogP contribution is 2.39. The quantitative estimate of drug-likeness (QED) is 0.812. The van der Waals surface area contributed by atoms with Gasteiger partial charge in [-0.2, -0.15) is 0 Å². The molecule has 1 saturated carbocycles. The van der Waals surface area contributed by atoms with Gasteiger partial charge in [0.1, 0.15) is 10.7 Å². The Morgan fingerprint density at radius 3 is 2.62 bits per heavy atom. The SMILES string of the molecule is CCNCc1ccc(F)c(S(=O)(=O)NCC2(C)CCC2)c1. The molecule has 0 saturated heterocycles. The molecule has 21 heavy (non-hydrogen) atoms. The van der Waals surface area contributed by atoms with Gasteiger partial charge in [0.2, 0.25) is 10.0 Å². The van der Waals surface area contributed by atoms with E-state index in [-0.39, 0.29) is 10.3 Å². The Balaban J connectivity index is 2.14. The van der Waals surface area contributed by atoms with E-state index in [1.807, 2.05) is 6.92 Å². The summed E-state index contributed by atoms with van der Waals surface area (Å²) in [4.78, 5) is -0.263. The molecule has 118 valence electrons. The van der Waals surface area contributed by atoms with Crippen molar-refractivity contribution in [2.45, 2.75) is 44.6 Å². The van der Waals surface area contributed by atoms with Crippen LogP contribution in [0.15, 0.2) is 23.1 Å². The second kappa shape index (κ2) is 6.42. The first-order valence-corrected chi connectivity index (χ1v) is 8.83. The van der Waals surface area contributed by atoms with Gasteiger partial charge in [0.25, 0.3) is 0 Å². The van der Waals surface area contributed by atoms with Crippen LogP contribution < -0.4 is 10.0 Å². The van der Waals surface area contributed by atoms with Gasteiger partial charge in [-0.05, 0) is 42.5 Å². The highest BCUT2D eigenvalue weighted by atomic mass is 32.2. The topological polar surface area (TPSA) is 58.2 Å². The Kier molecular flexibility index (Phi) is 5.01. The summed E-state index contributed by atoms with van der Waals surface area (Å²) in [5.41, 5.74) is 0.777. The van der Waals surface area contributed by atoms with Crippen molar-refractivity contribution in [2.24, 2.45) is 5.41 Å². The number of benzene rings is 1. The van der Waals surface area contributed by atoms with Crippen molar-refractivity contribution >= 4 is 10.0 Å². The lowest BCUT2D eigenvalue weighted by molar-refractivity contribution is 0.166. The van der Waals surface area contributed by atoms with Crippen molar-refractivity contribution in [1.82, 2.24) is 10.0 Å². The van der Waals surface area contributed by atoms with E-state index in [1.165, 1.54) is 12.1 Å². The molecule has 2 N–H and O–H groups in total. The number of sulfonamides is 1. The first-order valence-electron chi connectivity index (χ1n) is 7.35. The maximum absolute atomic E-state index is 13.9. The molecule has 0 radical (unpaired) electrons. The Hall–Kier alpha value is -0.980. The first-order chi connectivity index (χ1) is 9.86. The fourth-order valence-electron chi connectivity index (χ4n) is 2.44. The largest absolute Gasteiger partial charge is 0.313 e. The van der Waals surface area contributed by atoms with Crippen LogP contribution in [0, 0.1) is 11.2 Å². The van der Waals surface area contributed by atoms with Gasteiger partial charge in [-0.25, -0.2) is 17.5 Å². The van der Waals surface area contributed by atoms with E-state index >= 15 is 0 Å². The van der Waals surface area contributed by atoms with E-state index in [1.54, 1.807) is 6.07 Å². The van der Waals surface area contributed by atoms with Gasteiger partial charge in [0.05, 0.1) is 0 Å². The minimum absolute atomic E-state index is 0.0188. The summed E-state index contributed by atoms with van der Waals surface area (Å²) in [7, 11) is -3.80. The standard InChI is InChI=1S/C15H23FN2O2S/c1-3-17-10-12-5-6-13(16)14(9-12)21(19,20)18-11-15(2)7-4-8-15/h5-6,9,17-18H,3-4,7-8,10-11H2,1-2H3. The zero-order chi connectivity index (χ0) is 15.5. The van der Waals surface area contributed by atoms with Crippen LogP contribution in [-0.4, -0.2) is 21.5 Å². The van der Waals surface area contributed by atoms with Gasteiger partial charge < -0.3 is 5.32 Å². The average molecular weight is 314 g/mol. The summed E-state index contributed by atoms with van der Waals surface area (Å²) in [5, 5.41) is 3.10. The lowest BCUT2D eigenvalue weighted by Gasteiger charge is -2.38. The summed E-state index contributed by atoms with van der Waals surface area (Å²) in [6.45, 7) is 5.68. The van der Waals surface area contributed by atoms with Gasteiger partial charge in [-0.15, -0.1) is 0 Å². The lowest BCUT2D eigenvalue weighted by Crippen LogP contribution is -2.40. The Bertz CT molecular complexity index is 598. The van der Waals surface area contributed by atoms with Crippen molar-refractivity contribution in [3.05, 3.63) is 29.6 Å². The van der Waals surface area contributed by atoms with E-state index in [9.17, 15) is 12.8 Å². The molecule has 1 aliphatic rings. The molecule has 1 aromatic carbocycles. The molecule has 2 rings (SSSR count). The molecule has 0 atom stereocenters. The van der Waals surface area contributed by atoms with Crippen LogP contribution in [0.5, 0.6) is 0 Å². The highest BCUT2D eigenvalue weighted by Gasteiger charge is 2.33. The van der Waals surface area contributed by atoms with E-state index in [0.717, 1.165) is 31.4 Å². The van der Waals surface area contributed by atoms with E-state index < -0.39 is 15.8 Å². The third kappa shape index (κ3) is 4.02. The molecular formula is C15H23FN2O2S. The minimum Gasteiger partial charge on any atom is -0.313 e. The number of nitrogens with one attached hydrogen (secondary N) is 2. The second-order valence-electron chi connectivity index (χ2n) is 6.03. The van der Waals surface area contributed by atoms with Crippen LogP contribution >= 0.6 is 0 Å². The molecule has 0 bridgehead atoms. The Labute approximate surface area is 126 Å². The molecule has 0 unspecified atom stereocenters. The van der Waals surface area contributed by atoms with Crippen LogP contribution in [0.4, 0.5) is 4.39 Å². The maximum Gasteiger partial charge on any atom is 0.243 e. The molecular weight excluding hydrogens is 291 g/mol. The van der Waals surface area contributed by atoms with Gasteiger partial charge in [0, 0.05) is 13.1 Å². The zero-order valence-corrected chi connectivity index (χ0v) is 13.4. The first kappa shape index (κ1) is 16.4. The Morgan fingerprint density at radius 1 is 1.33 bits per heavy atom. The summed E-state index contributed by atoms with van der Waals surface area (Å²) < 4.78 is 41.0. The third-order valence-corrected chi connectivity index (χ3v) is 5.53. The van der Waals surface area contributed by atoms with Gasteiger partial charge in [-0.1, -0.05) is 26.3 Å². The van der Waals surface area contributed by atoms with Crippen LogP contribution in [0.3, 0.4) is 0 Å². The molecule has 1 aromatic rings. The maximum atomic E-state index is 13.9. The molecule has 1 aliphatic carbocycles. The predicted octanol–water partition coefficient (Wildman–Crippen LogP) is 2.40. The van der Waals surface area contributed by atoms with E-state index in [4.69, 9.17) is 0 Å². The molecule has 0 heterocycles. The summed E-state index contributed by atoms with van der Waals surface area (Å²) in [6.07, 6.45) is 3.15. The highest BCUT2D eigenvalue weighted by molar-refractivity contribution is 7.89. The summed E-state index contributed by atoms with van der Waals surface area (Å²) in [6, 6.07) is 4.22. The van der Waals surface area contributed by atoms with E-state index in [2.05, 4.69) is 17.0 Å². The number of halogens is 1. The van der Waals surface area contributed by atoms with Crippen LogP contribution in [0.1, 0.15) is 38.7 Å². The number of rotatable bonds is 7. The van der Waals surface area contributed by atoms with Gasteiger partial charge in [0.15, 0.2) is 0 Å². The number of hydrogen-bond acceptors (Lipinski definition) is 3. The molecule has 4 nitrogen and oxygen atoms in total. The predicted molar refractivity (Wildman–Crippen MR) is 80.9 cm³/mol. The normalized spacial score (nSPS) is 17.5. The average Bonchev–Trinajstić information content (AvgIpc) is 2.42. The second-order valence-corrected chi connectivity index (χ2v) is 7.77. The summed E-state index contributed by atoms with van der Waals surface area (Å²) in [5.74, 6) is -0.707. The molecule has 1 fully saturated rings. The minimum atomic E-state index is -3.80. The monoisotopic (exact) mass is 314 g/mol. The molecule has 6 heteroatoms. The van der Waals surface area contributed by atoms with E-state index in [0.29, 0.717) is 13.1 Å². The molecule has 0 aliphatic heterocycles. The van der Waals surface area contributed by atoms with Crippen molar-refractivity contribution in [3.63, 3.8) is 0 Å². The van der Waals surface area contributed by atoms with Gasteiger partial charge in [-0.3, -0.25) is 0 Å². The van der Waals surface area contributed by atoms with Crippen LogP contribution in [0.2, 0.25) is 0 Å². The fraction of sp³-hybridized carbons (Fsp3) is 0.600. The van der Waals surface area contributed by atoms with Crippen molar-refractivity contribution in [3.8, 4) is 0 Å². The molecule has 0 aromatic heterocycles. The van der Waals surface area contributed by atoms with Gasteiger partial charge >= 0.3 is 0 Å².